The number of rotatable bonds is 5. The van der Waals surface area contributed by atoms with Gasteiger partial charge in [0.25, 0.3) is 0 Å². The molecule has 0 aliphatic carbocycles. The van der Waals surface area contributed by atoms with Gasteiger partial charge < -0.3 is 5.32 Å². The Hall–Kier alpha value is -0.610. The van der Waals surface area contributed by atoms with Crippen LogP contribution >= 0.6 is 0 Å². The molecule has 0 heterocycles. The molecular formula is C7H17N3O. The van der Waals surface area contributed by atoms with Crippen LogP contribution in [0, 0.1) is 0 Å². The number of hydrogen-bond donors (Lipinski definition) is 3. The topological polar surface area (TPSA) is 53.2 Å². The molecule has 4 heteroatoms. The third-order valence-corrected chi connectivity index (χ3v) is 1.05. The van der Waals surface area contributed by atoms with Crippen molar-refractivity contribution in [3.05, 3.63) is 0 Å². The normalized spacial score (nSPS) is 11.2. The maximum atomic E-state index is 9.79. The highest BCUT2D eigenvalue weighted by molar-refractivity contribution is 5.45. The summed E-state index contributed by atoms with van der Waals surface area (Å²) in [6.45, 7) is 7.46. The number of carbonyl (C=O) groups is 1. The molecule has 0 bridgehead atoms. The van der Waals surface area contributed by atoms with Crippen LogP contribution in [0.25, 0.3) is 0 Å². The fourth-order valence-corrected chi connectivity index (χ4v) is 0.504. The predicted octanol–water partition coefficient (Wildman–Crippen LogP) is -0.375. The van der Waals surface area contributed by atoms with Gasteiger partial charge in [-0.3, -0.25) is 15.4 Å². The van der Waals surface area contributed by atoms with Crippen molar-refractivity contribution in [2.75, 3.05) is 13.3 Å². The average molecular weight is 159 g/mol. The summed E-state index contributed by atoms with van der Waals surface area (Å²) in [5.74, 6) is 0. The lowest BCUT2D eigenvalue weighted by molar-refractivity contribution is -0.109. The molecule has 1 amide bonds. The van der Waals surface area contributed by atoms with Gasteiger partial charge in [0.05, 0.1) is 6.67 Å². The first-order valence-corrected chi connectivity index (χ1v) is 3.69. The van der Waals surface area contributed by atoms with Crippen molar-refractivity contribution < 1.29 is 4.79 Å². The Morgan fingerprint density at radius 2 is 1.91 bits per heavy atom. The fourth-order valence-electron chi connectivity index (χ4n) is 0.504. The van der Waals surface area contributed by atoms with E-state index < -0.39 is 0 Å². The molecule has 0 fully saturated rings. The molecule has 0 spiro atoms. The molecule has 0 aromatic heterocycles. The first kappa shape index (κ1) is 10.4. The highest BCUT2D eigenvalue weighted by atomic mass is 16.1. The minimum absolute atomic E-state index is 0.119. The molecule has 3 N–H and O–H groups in total. The smallest absolute Gasteiger partial charge is 0.208 e. The van der Waals surface area contributed by atoms with E-state index in [-0.39, 0.29) is 5.54 Å². The van der Waals surface area contributed by atoms with E-state index in [1.807, 2.05) is 0 Å². The summed E-state index contributed by atoms with van der Waals surface area (Å²) in [6.07, 6.45) is 0.671. The van der Waals surface area contributed by atoms with Crippen molar-refractivity contribution in [3.8, 4) is 0 Å². The van der Waals surface area contributed by atoms with Gasteiger partial charge in [0.2, 0.25) is 6.41 Å². The largest absolute Gasteiger partial charge is 0.346 e. The molecule has 4 nitrogen and oxygen atoms in total. The maximum absolute atomic E-state index is 9.79. The van der Waals surface area contributed by atoms with Gasteiger partial charge in [0.15, 0.2) is 0 Å². The summed E-state index contributed by atoms with van der Waals surface area (Å²) < 4.78 is 0. The van der Waals surface area contributed by atoms with E-state index in [0.717, 1.165) is 0 Å². The Bertz CT molecular complexity index is 109. The minimum Gasteiger partial charge on any atom is -0.346 e. The lowest BCUT2D eigenvalue weighted by Gasteiger charge is -2.20. The predicted molar refractivity (Wildman–Crippen MR) is 45.0 cm³/mol. The minimum atomic E-state index is 0.119. The Morgan fingerprint density at radius 3 is 2.36 bits per heavy atom. The second-order valence-corrected chi connectivity index (χ2v) is 3.35. The van der Waals surface area contributed by atoms with Crippen LogP contribution in [0.15, 0.2) is 0 Å². The summed E-state index contributed by atoms with van der Waals surface area (Å²) in [7, 11) is 0. The molecule has 0 saturated heterocycles. The van der Waals surface area contributed by atoms with Gasteiger partial charge in [-0.1, -0.05) is 0 Å². The molecule has 0 unspecified atom stereocenters. The Morgan fingerprint density at radius 1 is 1.27 bits per heavy atom. The fraction of sp³-hybridized carbons (Fsp3) is 0.857. The SMILES string of the molecule is CC(C)(C)NCNCNC=O. The first-order chi connectivity index (χ1) is 5.06. The summed E-state index contributed by atoms with van der Waals surface area (Å²) >= 11 is 0. The first-order valence-electron chi connectivity index (χ1n) is 3.69. The van der Waals surface area contributed by atoms with E-state index in [2.05, 4.69) is 36.7 Å². The van der Waals surface area contributed by atoms with E-state index in [4.69, 9.17) is 0 Å². The van der Waals surface area contributed by atoms with Crippen molar-refractivity contribution in [2.24, 2.45) is 0 Å². The molecule has 0 rings (SSSR count). The van der Waals surface area contributed by atoms with Crippen LogP contribution < -0.4 is 16.0 Å². The highest BCUT2D eigenvalue weighted by Gasteiger charge is 2.06. The summed E-state index contributed by atoms with van der Waals surface area (Å²) in [6, 6.07) is 0. The maximum Gasteiger partial charge on any atom is 0.208 e. The molecule has 0 saturated carbocycles. The summed E-state index contributed by atoms with van der Waals surface area (Å²) in [5.41, 5.74) is 0.119. The molecule has 0 aliphatic rings. The third-order valence-electron chi connectivity index (χ3n) is 1.05. The number of amides is 1. The van der Waals surface area contributed by atoms with Crippen molar-refractivity contribution in [2.45, 2.75) is 26.3 Å². The lowest BCUT2D eigenvalue weighted by Crippen LogP contribution is -2.44. The molecule has 0 atom stereocenters. The lowest BCUT2D eigenvalue weighted by atomic mass is 10.1. The molecule has 11 heavy (non-hydrogen) atoms. The quantitative estimate of drug-likeness (QED) is 0.291. The highest BCUT2D eigenvalue weighted by Crippen LogP contribution is 1.95. The van der Waals surface area contributed by atoms with Crippen molar-refractivity contribution in [1.82, 2.24) is 16.0 Å². The molecule has 0 aromatic carbocycles. The molecule has 0 radical (unpaired) electrons. The number of hydrogen-bond acceptors (Lipinski definition) is 3. The van der Waals surface area contributed by atoms with Crippen molar-refractivity contribution in [3.63, 3.8) is 0 Å². The van der Waals surface area contributed by atoms with Gasteiger partial charge in [-0.25, -0.2) is 0 Å². The van der Waals surface area contributed by atoms with Crippen LogP contribution in [-0.4, -0.2) is 25.3 Å². The van der Waals surface area contributed by atoms with Crippen LogP contribution in [0.4, 0.5) is 0 Å². The number of carbonyl (C=O) groups excluding carboxylic acids is 1. The van der Waals surface area contributed by atoms with Gasteiger partial charge in [0.1, 0.15) is 0 Å². The van der Waals surface area contributed by atoms with Gasteiger partial charge >= 0.3 is 0 Å². The summed E-state index contributed by atoms with van der Waals surface area (Å²) in [4.78, 5) is 9.79. The Balaban J connectivity index is 3.08. The second-order valence-electron chi connectivity index (χ2n) is 3.35. The van der Waals surface area contributed by atoms with Gasteiger partial charge in [0, 0.05) is 12.2 Å². The van der Waals surface area contributed by atoms with Crippen molar-refractivity contribution in [1.29, 1.82) is 0 Å². The van der Waals surface area contributed by atoms with Crippen LogP contribution in [0.5, 0.6) is 0 Å². The molecule has 66 valence electrons. The zero-order chi connectivity index (χ0) is 8.74. The number of nitrogens with one attached hydrogen (secondary N) is 3. The zero-order valence-corrected chi connectivity index (χ0v) is 7.40. The van der Waals surface area contributed by atoms with Gasteiger partial charge in [-0.2, -0.15) is 0 Å². The van der Waals surface area contributed by atoms with Crippen LogP contribution in [0.3, 0.4) is 0 Å². The third kappa shape index (κ3) is 9.39. The van der Waals surface area contributed by atoms with Gasteiger partial charge in [-0.05, 0) is 20.8 Å². The van der Waals surface area contributed by atoms with Crippen LogP contribution in [-0.2, 0) is 4.79 Å². The standard InChI is InChI=1S/C7H17N3O/c1-7(2,3)10-5-8-4-9-6-11/h6,8,10H,4-5H2,1-3H3,(H,9,11). The summed E-state index contributed by atoms with van der Waals surface area (Å²) in [5, 5.41) is 8.71. The van der Waals surface area contributed by atoms with E-state index in [9.17, 15) is 4.79 Å². The Kier molecular flexibility index (Phi) is 4.81. The molecular weight excluding hydrogens is 142 g/mol. The van der Waals surface area contributed by atoms with E-state index in [1.165, 1.54) is 0 Å². The van der Waals surface area contributed by atoms with Crippen LogP contribution in [0.1, 0.15) is 20.8 Å². The van der Waals surface area contributed by atoms with Gasteiger partial charge in [-0.15, -0.1) is 0 Å². The van der Waals surface area contributed by atoms with Crippen molar-refractivity contribution >= 4 is 6.41 Å². The van der Waals surface area contributed by atoms with E-state index in [0.29, 0.717) is 19.7 Å². The van der Waals surface area contributed by atoms with E-state index >= 15 is 0 Å². The zero-order valence-electron chi connectivity index (χ0n) is 7.40. The average Bonchev–Trinajstić information content (AvgIpc) is 1.85. The monoisotopic (exact) mass is 159 g/mol. The Labute approximate surface area is 67.7 Å². The molecule has 0 aromatic rings. The second kappa shape index (κ2) is 5.09. The van der Waals surface area contributed by atoms with E-state index in [1.54, 1.807) is 0 Å². The molecule has 0 aliphatic heterocycles. The van der Waals surface area contributed by atoms with Crippen LogP contribution in [0.2, 0.25) is 0 Å².